The molecule has 0 saturated heterocycles. The Morgan fingerprint density at radius 1 is 1.64 bits per heavy atom. The third-order valence-corrected chi connectivity index (χ3v) is 1.99. The lowest BCUT2D eigenvalue weighted by molar-refractivity contribution is -0.150. The van der Waals surface area contributed by atoms with Crippen molar-refractivity contribution in [3.05, 3.63) is 12.7 Å². The van der Waals surface area contributed by atoms with Gasteiger partial charge >= 0.3 is 5.97 Å². The summed E-state index contributed by atoms with van der Waals surface area (Å²) in [5.74, 6) is 2.19. The second-order valence-corrected chi connectivity index (χ2v) is 3.50. The highest BCUT2D eigenvalue weighted by Gasteiger charge is 2.23. The Bertz CT molecular complexity index is 237. The van der Waals surface area contributed by atoms with Crippen LogP contribution in [0.1, 0.15) is 39.5 Å². The maximum absolute atomic E-state index is 10.8. The van der Waals surface area contributed by atoms with Gasteiger partial charge in [-0.15, -0.1) is 13.0 Å². The van der Waals surface area contributed by atoms with Gasteiger partial charge in [0.2, 0.25) is 0 Å². The highest BCUT2D eigenvalue weighted by molar-refractivity contribution is 5.67. The summed E-state index contributed by atoms with van der Waals surface area (Å²) in [7, 11) is 0. The van der Waals surface area contributed by atoms with Gasteiger partial charge in [0.15, 0.2) is 5.60 Å². The van der Waals surface area contributed by atoms with Crippen molar-refractivity contribution in [1.29, 1.82) is 0 Å². The summed E-state index contributed by atoms with van der Waals surface area (Å²) in [4.78, 5) is 10.8. The number of rotatable bonds is 6. The van der Waals surface area contributed by atoms with Crippen molar-refractivity contribution < 1.29 is 9.53 Å². The molecule has 0 rings (SSSR count). The standard InChI is InChI=1S/C12H18O2/c1-5-7-8-9-10-12(4,6-2)14-11(3)13/h2,5H,1,7-10H2,3-4H3. The zero-order chi connectivity index (χ0) is 11.0. The lowest BCUT2D eigenvalue weighted by atomic mass is 9.99. The van der Waals surface area contributed by atoms with E-state index in [2.05, 4.69) is 12.5 Å². The summed E-state index contributed by atoms with van der Waals surface area (Å²) >= 11 is 0. The van der Waals surface area contributed by atoms with Crippen LogP contribution in [0.25, 0.3) is 0 Å². The van der Waals surface area contributed by atoms with Gasteiger partial charge < -0.3 is 4.74 Å². The van der Waals surface area contributed by atoms with Crippen molar-refractivity contribution in [3.63, 3.8) is 0 Å². The number of esters is 1. The second kappa shape index (κ2) is 6.26. The molecule has 78 valence electrons. The molecule has 0 aromatic carbocycles. The average Bonchev–Trinajstić information content (AvgIpc) is 2.11. The van der Waals surface area contributed by atoms with Crippen LogP contribution in [0.2, 0.25) is 0 Å². The van der Waals surface area contributed by atoms with Gasteiger partial charge in [-0.25, -0.2) is 0 Å². The van der Waals surface area contributed by atoms with E-state index in [0.717, 1.165) is 19.3 Å². The Labute approximate surface area is 86.3 Å². The first kappa shape index (κ1) is 12.8. The molecule has 1 unspecified atom stereocenters. The van der Waals surface area contributed by atoms with E-state index in [1.54, 1.807) is 6.92 Å². The molecule has 14 heavy (non-hydrogen) atoms. The summed E-state index contributed by atoms with van der Waals surface area (Å²) in [5.41, 5.74) is -0.743. The van der Waals surface area contributed by atoms with Crippen molar-refractivity contribution in [2.75, 3.05) is 0 Å². The average molecular weight is 194 g/mol. The molecule has 1 atom stereocenters. The molecule has 0 aliphatic carbocycles. The number of carbonyl (C=O) groups is 1. The maximum atomic E-state index is 10.8. The van der Waals surface area contributed by atoms with Crippen LogP contribution in [0.15, 0.2) is 12.7 Å². The minimum atomic E-state index is -0.743. The van der Waals surface area contributed by atoms with Gasteiger partial charge in [0.1, 0.15) is 0 Å². The number of carbonyl (C=O) groups excluding carboxylic acids is 1. The molecule has 0 amide bonds. The number of unbranched alkanes of at least 4 members (excludes halogenated alkanes) is 2. The monoisotopic (exact) mass is 194 g/mol. The van der Waals surface area contributed by atoms with Crippen molar-refractivity contribution in [2.45, 2.75) is 45.1 Å². The fourth-order valence-corrected chi connectivity index (χ4v) is 1.22. The van der Waals surface area contributed by atoms with Crippen LogP contribution in [-0.4, -0.2) is 11.6 Å². The number of allylic oxidation sites excluding steroid dienone is 1. The first-order valence-electron chi connectivity index (χ1n) is 4.82. The predicted octanol–water partition coefficient (Wildman–Crippen LogP) is 2.69. The van der Waals surface area contributed by atoms with Gasteiger partial charge in [-0.3, -0.25) is 4.79 Å². The Kier molecular flexibility index (Phi) is 5.71. The zero-order valence-corrected chi connectivity index (χ0v) is 9.01. The third-order valence-electron chi connectivity index (χ3n) is 1.99. The largest absolute Gasteiger partial charge is 0.446 e. The van der Waals surface area contributed by atoms with Gasteiger partial charge in [-0.05, 0) is 32.6 Å². The summed E-state index contributed by atoms with van der Waals surface area (Å²) in [6, 6.07) is 0. The van der Waals surface area contributed by atoms with Crippen LogP contribution >= 0.6 is 0 Å². The molecule has 0 aliphatic heterocycles. The molecule has 0 bridgehead atoms. The molecule has 0 heterocycles. The van der Waals surface area contributed by atoms with Gasteiger partial charge in [0.25, 0.3) is 0 Å². The first-order chi connectivity index (χ1) is 6.54. The molecular formula is C12H18O2. The van der Waals surface area contributed by atoms with E-state index in [0.29, 0.717) is 6.42 Å². The highest BCUT2D eigenvalue weighted by atomic mass is 16.6. The van der Waals surface area contributed by atoms with Gasteiger partial charge in [0, 0.05) is 6.92 Å². The van der Waals surface area contributed by atoms with Crippen LogP contribution in [0.4, 0.5) is 0 Å². The fraction of sp³-hybridized carbons (Fsp3) is 0.583. The minimum Gasteiger partial charge on any atom is -0.446 e. The minimum absolute atomic E-state index is 0.325. The molecule has 2 heteroatoms. The molecule has 0 saturated carbocycles. The normalized spacial score (nSPS) is 13.8. The number of ether oxygens (including phenoxy) is 1. The van der Waals surface area contributed by atoms with E-state index in [4.69, 9.17) is 11.2 Å². The van der Waals surface area contributed by atoms with E-state index in [-0.39, 0.29) is 5.97 Å². The van der Waals surface area contributed by atoms with E-state index in [1.807, 2.05) is 6.08 Å². The Balaban J connectivity index is 3.94. The van der Waals surface area contributed by atoms with Crippen molar-refractivity contribution in [3.8, 4) is 12.3 Å². The summed E-state index contributed by atoms with van der Waals surface area (Å²) < 4.78 is 5.07. The first-order valence-corrected chi connectivity index (χ1v) is 4.82. The second-order valence-electron chi connectivity index (χ2n) is 3.50. The molecule has 0 fully saturated rings. The predicted molar refractivity (Wildman–Crippen MR) is 57.7 cm³/mol. The highest BCUT2D eigenvalue weighted by Crippen LogP contribution is 2.18. The number of hydrogen-bond donors (Lipinski definition) is 0. The molecular weight excluding hydrogens is 176 g/mol. The fourth-order valence-electron chi connectivity index (χ4n) is 1.22. The zero-order valence-electron chi connectivity index (χ0n) is 9.01. The summed E-state index contributed by atoms with van der Waals surface area (Å²) in [6.45, 7) is 6.78. The smallest absolute Gasteiger partial charge is 0.304 e. The van der Waals surface area contributed by atoms with Crippen molar-refractivity contribution >= 4 is 5.97 Å². The molecule has 0 aromatic rings. The van der Waals surface area contributed by atoms with Gasteiger partial charge in [-0.1, -0.05) is 12.0 Å². The molecule has 0 N–H and O–H groups in total. The van der Waals surface area contributed by atoms with Crippen LogP contribution in [-0.2, 0) is 9.53 Å². The summed E-state index contributed by atoms with van der Waals surface area (Å²) in [5, 5.41) is 0. The Morgan fingerprint density at radius 3 is 2.71 bits per heavy atom. The number of terminal acetylenes is 1. The number of hydrogen-bond acceptors (Lipinski definition) is 2. The van der Waals surface area contributed by atoms with Crippen LogP contribution in [0.3, 0.4) is 0 Å². The van der Waals surface area contributed by atoms with Crippen LogP contribution in [0.5, 0.6) is 0 Å². The molecule has 2 nitrogen and oxygen atoms in total. The van der Waals surface area contributed by atoms with E-state index in [9.17, 15) is 4.79 Å². The Morgan fingerprint density at radius 2 is 2.29 bits per heavy atom. The van der Waals surface area contributed by atoms with Crippen LogP contribution < -0.4 is 0 Å². The topological polar surface area (TPSA) is 26.3 Å². The van der Waals surface area contributed by atoms with E-state index < -0.39 is 5.60 Å². The van der Waals surface area contributed by atoms with E-state index >= 15 is 0 Å². The quantitative estimate of drug-likeness (QED) is 0.281. The van der Waals surface area contributed by atoms with Crippen molar-refractivity contribution in [1.82, 2.24) is 0 Å². The molecule has 0 radical (unpaired) electrons. The molecule has 0 spiro atoms. The van der Waals surface area contributed by atoms with Gasteiger partial charge in [-0.2, -0.15) is 0 Å². The lowest BCUT2D eigenvalue weighted by Crippen LogP contribution is -2.28. The lowest BCUT2D eigenvalue weighted by Gasteiger charge is -2.22. The molecule has 0 aliphatic rings. The van der Waals surface area contributed by atoms with Crippen molar-refractivity contribution in [2.24, 2.45) is 0 Å². The van der Waals surface area contributed by atoms with Crippen LogP contribution in [0, 0.1) is 12.3 Å². The SMILES string of the molecule is C#CC(C)(CCCCC=C)OC(C)=O. The third kappa shape index (κ3) is 5.42. The molecule has 0 aromatic heterocycles. The Hall–Kier alpha value is -1.23. The van der Waals surface area contributed by atoms with E-state index in [1.165, 1.54) is 6.92 Å². The maximum Gasteiger partial charge on any atom is 0.304 e. The van der Waals surface area contributed by atoms with Gasteiger partial charge in [0.05, 0.1) is 0 Å². The summed E-state index contributed by atoms with van der Waals surface area (Å²) in [6.07, 6.45) is 10.8.